The molecule has 1 N–H and O–H groups in total. The second-order valence-electron chi connectivity index (χ2n) is 12.0. The summed E-state index contributed by atoms with van der Waals surface area (Å²) >= 11 is 0. The summed E-state index contributed by atoms with van der Waals surface area (Å²) in [5.74, 6) is -1.27. The van der Waals surface area contributed by atoms with Crippen LogP contribution in [-0.4, -0.2) is 43.8 Å². The van der Waals surface area contributed by atoms with E-state index in [-0.39, 0.29) is 29.8 Å². The van der Waals surface area contributed by atoms with Gasteiger partial charge in [-0.05, 0) is 73.7 Å². The maximum absolute atomic E-state index is 14.6. The quantitative estimate of drug-likeness (QED) is 0.196. The predicted molar refractivity (Wildman–Crippen MR) is 178 cm³/mol. The van der Waals surface area contributed by atoms with E-state index in [2.05, 4.69) is 5.32 Å². The molecule has 0 heterocycles. The van der Waals surface area contributed by atoms with Gasteiger partial charge in [-0.15, -0.1) is 0 Å². The molecular weight excluding hydrogens is 601 g/mol. The first-order chi connectivity index (χ1) is 22.1. The number of para-hydroxylation sites is 1. The van der Waals surface area contributed by atoms with E-state index in [0.29, 0.717) is 16.8 Å². The molecule has 4 aromatic carbocycles. The second-order valence-corrected chi connectivity index (χ2v) is 13.8. The van der Waals surface area contributed by atoms with Crippen molar-refractivity contribution in [1.82, 2.24) is 10.2 Å². The summed E-state index contributed by atoms with van der Waals surface area (Å²) in [5.41, 5.74) is 3.42. The van der Waals surface area contributed by atoms with Crippen LogP contribution in [0.2, 0.25) is 0 Å². The number of hydrogen-bond donors (Lipinski definition) is 1. The predicted octanol–water partition coefficient (Wildman–Crippen LogP) is 6.34. The average molecular weight is 642 g/mol. The van der Waals surface area contributed by atoms with Crippen molar-refractivity contribution in [2.45, 2.75) is 69.5 Å². The number of hydrogen-bond acceptors (Lipinski definition) is 4. The zero-order valence-electron chi connectivity index (χ0n) is 26.2. The zero-order valence-corrected chi connectivity index (χ0v) is 27.0. The lowest BCUT2D eigenvalue weighted by molar-refractivity contribution is -0.140. The van der Waals surface area contributed by atoms with Crippen molar-refractivity contribution in [3.63, 3.8) is 0 Å². The number of rotatable bonds is 12. The highest BCUT2D eigenvalue weighted by Gasteiger charge is 2.36. The van der Waals surface area contributed by atoms with Gasteiger partial charge in [-0.3, -0.25) is 13.9 Å². The van der Waals surface area contributed by atoms with E-state index >= 15 is 0 Å². The Balaban J connectivity index is 1.57. The van der Waals surface area contributed by atoms with Crippen LogP contribution in [-0.2, 0) is 32.6 Å². The minimum absolute atomic E-state index is 0.0129. The first kappa shape index (κ1) is 32.9. The van der Waals surface area contributed by atoms with Crippen molar-refractivity contribution in [2.24, 2.45) is 0 Å². The van der Waals surface area contributed by atoms with E-state index in [9.17, 15) is 22.4 Å². The smallest absolute Gasteiger partial charge is 0.264 e. The van der Waals surface area contributed by atoms with Gasteiger partial charge in [0.05, 0.1) is 10.6 Å². The molecule has 1 fully saturated rings. The normalized spacial score (nSPS) is 14.1. The standard InChI is InChI=1S/C37H40FN3O4S/c1-27-16-22-33(23-17-27)46(44,45)41(34-15-9-6-10-28(34)2)26-36(42)40(25-30-18-20-31(38)21-19-30)35(24-29-11-4-3-5-12-29)37(43)39-32-13-7-8-14-32/h3-6,9-12,15-23,32,35H,7-8,13-14,24-26H2,1-2H3,(H,39,43). The summed E-state index contributed by atoms with van der Waals surface area (Å²) in [6.45, 7) is 3.11. The minimum Gasteiger partial charge on any atom is -0.352 e. The van der Waals surface area contributed by atoms with E-state index in [0.717, 1.165) is 41.1 Å². The van der Waals surface area contributed by atoms with Crippen LogP contribution in [0, 0.1) is 19.7 Å². The van der Waals surface area contributed by atoms with E-state index in [1.165, 1.54) is 29.2 Å². The van der Waals surface area contributed by atoms with Crippen LogP contribution in [0.25, 0.3) is 0 Å². The van der Waals surface area contributed by atoms with Gasteiger partial charge >= 0.3 is 0 Å². The van der Waals surface area contributed by atoms with Gasteiger partial charge in [0.2, 0.25) is 11.8 Å². The SMILES string of the molecule is Cc1ccc(S(=O)(=O)N(CC(=O)N(Cc2ccc(F)cc2)C(Cc2ccccc2)C(=O)NC2CCCC2)c2ccccc2C)cc1. The lowest BCUT2D eigenvalue weighted by Crippen LogP contribution is -2.54. The first-order valence-corrected chi connectivity index (χ1v) is 17.1. The van der Waals surface area contributed by atoms with Crippen molar-refractivity contribution >= 4 is 27.5 Å². The van der Waals surface area contributed by atoms with Gasteiger partial charge in [-0.1, -0.05) is 91.2 Å². The molecule has 7 nitrogen and oxygen atoms in total. The van der Waals surface area contributed by atoms with Gasteiger partial charge in [-0.25, -0.2) is 12.8 Å². The van der Waals surface area contributed by atoms with Crippen LogP contribution in [0.1, 0.15) is 47.9 Å². The van der Waals surface area contributed by atoms with E-state index in [4.69, 9.17) is 0 Å². The van der Waals surface area contributed by atoms with Crippen molar-refractivity contribution in [3.8, 4) is 0 Å². The topological polar surface area (TPSA) is 86.8 Å². The van der Waals surface area contributed by atoms with Crippen LogP contribution in [0.4, 0.5) is 10.1 Å². The number of carbonyl (C=O) groups excluding carboxylic acids is 2. The highest BCUT2D eigenvalue weighted by Crippen LogP contribution is 2.28. The van der Waals surface area contributed by atoms with Crippen LogP contribution in [0.5, 0.6) is 0 Å². The van der Waals surface area contributed by atoms with Crippen LogP contribution < -0.4 is 9.62 Å². The van der Waals surface area contributed by atoms with Gasteiger partial charge < -0.3 is 10.2 Å². The summed E-state index contributed by atoms with van der Waals surface area (Å²) < 4.78 is 43.4. The highest BCUT2D eigenvalue weighted by atomic mass is 32.2. The number of sulfonamides is 1. The number of carbonyl (C=O) groups is 2. The average Bonchev–Trinajstić information content (AvgIpc) is 3.56. The third-order valence-electron chi connectivity index (χ3n) is 8.51. The van der Waals surface area contributed by atoms with E-state index in [1.807, 2.05) is 37.3 Å². The van der Waals surface area contributed by atoms with Gasteiger partial charge in [0.25, 0.3) is 10.0 Å². The first-order valence-electron chi connectivity index (χ1n) is 15.6. The summed E-state index contributed by atoms with van der Waals surface area (Å²) in [6, 6.07) is 27.8. The molecule has 1 aliphatic rings. The molecule has 0 spiro atoms. The van der Waals surface area contributed by atoms with Crippen LogP contribution in [0.15, 0.2) is 108 Å². The summed E-state index contributed by atoms with van der Waals surface area (Å²) in [6.07, 6.45) is 4.00. The fraction of sp³-hybridized carbons (Fsp3) is 0.297. The fourth-order valence-corrected chi connectivity index (χ4v) is 7.38. The Morgan fingerprint density at radius 3 is 2.11 bits per heavy atom. The van der Waals surface area contributed by atoms with Crippen LogP contribution >= 0.6 is 0 Å². The summed E-state index contributed by atoms with van der Waals surface area (Å²) in [4.78, 5) is 30.1. The Bertz CT molecular complexity index is 1740. The molecule has 2 amide bonds. The minimum atomic E-state index is -4.19. The van der Waals surface area contributed by atoms with Crippen LogP contribution in [0.3, 0.4) is 0 Å². The molecule has 240 valence electrons. The Morgan fingerprint density at radius 1 is 0.826 bits per heavy atom. The molecule has 0 saturated heterocycles. The molecule has 1 saturated carbocycles. The van der Waals surface area contributed by atoms with Crippen molar-refractivity contribution in [1.29, 1.82) is 0 Å². The molecule has 0 radical (unpaired) electrons. The number of nitrogens with one attached hydrogen (secondary N) is 1. The maximum Gasteiger partial charge on any atom is 0.264 e. The lowest BCUT2D eigenvalue weighted by atomic mass is 10.0. The Kier molecular flexibility index (Phi) is 10.5. The summed E-state index contributed by atoms with van der Waals surface area (Å²) in [7, 11) is -4.19. The third kappa shape index (κ3) is 8.01. The van der Waals surface area contributed by atoms with Gasteiger partial charge in [0.1, 0.15) is 18.4 Å². The van der Waals surface area contributed by atoms with Crippen molar-refractivity contribution in [3.05, 3.63) is 131 Å². The van der Waals surface area contributed by atoms with E-state index < -0.39 is 34.3 Å². The molecule has 1 aliphatic carbocycles. The number of anilines is 1. The number of halogens is 1. The molecule has 0 bridgehead atoms. The zero-order chi connectivity index (χ0) is 32.7. The monoisotopic (exact) mass is 641 g/mol. The van der Waals surface area contributed by atoms with Gasteiger partial charge in [0.15, 0.2) is 0 Å². The molecule has 9 heteroatoms. The molecule has 1 unspecified atom stereocenters. The second kappa shape index (κ2) is 14.7. The molecule has 46 heavy (non-hydrogen) atoms. The lowest BCUT2D eigenvalue weighted by Gasteiger charge is -2.34. The number of amides is 2. The molecule has 0 aromatic heterocycles. The Hall–Kier alpha value is -4.50. The largest absolute Gasteiger partial charge is 0.352 e. The molecule has 1 atom stereocenters. The fourth-order valence-electron chi connectivity index (χ4n) is 5.90. The van der Waals surface area contributed by atoms with Crippen molar-refractivity contribution in [2.75, 3.05) is 10.8 Å². The van der Waals surface area contributed by atoms with Crippen molar-refractivity contribution < 1.29 is 22.4 Å². The molecule has 0 aliphatic heterocycles. The Labute approximate surface area is 271 Å². The number of nitrogens with zero attached hydrogens (tertiary/aromatic N) is 2. The summed E-state index contributed by atoms with van der Waals surface area (Å²) in [5, 5.41) is 3.16. The molecule has 4 aromatic rings. The van der Waals surface area contributed by atoms with Gasteiger partial charge in [0, 0.05) is 19.0 Å². The van der Waals surface area contributed by atoms with Gasteiger partial charge in [-0.2, -0.15) is 0 Å². The number of aryl methyl sites for hydroxylation is 2. The molecule has 5 rings (SSSR count). The maximum atomic E-state index is 14.6. The van der Waals surface area contributed by atoms with E-state index in [1.54, 1.807) is 55.5 Å². The number of benzene rings is 4. The Morgan fingerprint density at radius 2 is 1.46 bits per heavy atom. The third-order valence-corrected chi connectivity index (χ3v) is 10.3. The highest BCUT2D eigenvalue weighted by molar-refractivity contribution is 7.92. The molecular formula is C37H40FN3O4S.